The maximum absolute atomic E-state index is 7.21. The molecule has 0 saturated heterocycles. The van der Waals surface area contributed by atoms with Crippen molar-refractivity contribution in [2.75, 3.05) is 9.80 Å². The lowest BCUT2D eigenvalue weighted by molar-refractivity contribution is 1.25. The van der Waals surface area contributed by atoms with E-state index in [1.165, 1.54) is 47.7 Å². The second kappa shape index (κ2) is 18.6. The van der Waals surface area contributed by atoms with E-state index in [0.717, 1.165) is 89.8 Å². The van der Waals surface area contributed by atoms with Crippen LogP contribution in [0, 0.1) is 0 Å². The average molecular weight is 1020 g/mol. The molecule has 0 bridgehead atoms. The highest BCUT2D eigenvalue weighted by Crippen LogP contribution is 2.53. The van der Waals surface area contributed by atoms with E-state index < -0.39 is 0 Å². The molecule has 2 aliphatic rings. The lowest BCUT2D eigenvalue weighted by atomic mass is 9.33. The zero-order valence-corrected chi connectivity index (χ0v) is 43.4. The van der Waals surface area contributed by atoms with Crippen LogP contribution in [0.15, 0.2) is 279 Å². The van der Waals surface area contributed by atoms with Gasteiger partial charge in [-0.15, -0.1) is 11.3 Å². The van der Waals surface area contributed by atoms with E-state index in [9.17, 15) is 0 Å². The summed E-state index contributed by atoms with van der Waals surface area (Å²) in [5, 5.41) is 3.31. The van der Waals surface area contributed by atoms with Crippen LogP contribution < -0.4 is 26.2 Å². The predicted octanol–water partition coefficient (Wildman–Crippen LogP) is 18.8. The van der Waals surface area contributed by atoms with Gasteiger partial charge in [0.15, 0.2) is 0 Å². The maximum atomic E-state index is 7.21. The summed E-state index contributed by atoms with van der Waals surface area (Å²) in [6.07, 6.45) is 0. The Labute approximate surface area is 458 Å². The van der Waals surface area contributed by atoms with Crippen molar-refractivity contribution in [3.8, 4) is 66.8 Å². The number of halogens is 1. The third kappa shape index (κ3) is 7.47. The van der Waals surface area contributed by atoms with Gasteiger partial charge in [0, 0.05) is 70.2 Å². The highest BCUT2D eigenvalue weighted by molar-refractivity contribution is 7.26. The topological polar surface area (TPSA) is 6.48 Å². The third-order valence-electron chi connectivity index (χ3n) is 15.7. The van der Waals surface area contributed by atoms with E-state index in [0.29, 0.717) is 5.02 Å². The summed E-state index contributed by atoms with van der Waals surface area (Å²) in [5.41, 5.74) is 24.3. The van der Waals surface area contributed by atoms with E-state index in [-0.39, 0.29) is 6.71 Å². The van der Waals surface area contributed by atoms with Crippen molar-refractivity contribution in [1.82, 2.24) is 0 Å². The van der Waals surface area contributed by atoms with Crippen LogP contribution in [0.1, 0.15) is 0 Å². The molecule has 0 spiro atoms. The van der Waals surface area contributed by atoms with Crippen LogP contribution in [-0.2, 0) is 0 Å². The molecule has 0 radical (unpaired) electrons. The van der Waals surface area contributed by atoms with Crippen LogP contribution in [0.4, 0.5) is 34.1 Å². The van der Waals surface area contributed by atoms with E-state index in [1.807, 2.05) is 11.3 Å². The number of fused-ring (bicyclic) bond motifs is 7. The van der Waals surface area contributed by atoms with Crippen molar-refractivity contribution in [2.24, 2.45) is 0 Å². The van der Waals surface area contributed by atoms with Crippen molar-refractivity contribution < 1.29 is 0 Å². The largest absolute Gasteiger partial charge is 0.310 e. The van der Waals surface area contributed by atoms with Gasteiger partial charge >= 0.3 is 0 Å². The maximum Gasteiger partial charge on any atom is 0.252 e. The van der Waals surface area contributed by atoms with Crippen molar-refractivity contribution >= 4 is 100 Å². The summed E-state index contributed by atoms with van der Waals surface area (Å²) in [6.45, 7) is -0.123. The molecule has 0 aliphatic carbocycles. The molecule has 13 aromatic rings. The molecule has 5 heteroatoms. The Morgan fingerprint density at radius 2 is 0.701 bits per heavy atom. The minimum absolute atomic E-state index is 0.123. The molecule has 360 valence electrons. The van der Waals surface area contributed by atoms with Gasteiger partial charge in [0.1, 0.15) is 0 Å². The fraction of sp³-hybridized carbons (Fsp3) is 0. The molecule has 3 heterocycles. The van der Waals surface area contributed by atoms with E-state index in [1.54, 1.807) is 0 Å². The quantitative estimate of drug-likeness (QED) is 0.140. The summed E-state index contributed by atoms with van der Waals surface area (Å²) >= 11 is 9.09. The minimum atomic E-state index is -0.123. The van der Waals surface area contributed by atoms with Gasteiger partial charge in [-0.25, -0.2) is 0 Å². The van der Waals surface area contributed by atoms with Gasteiger partial charge in [0.05, 0.1) is 11.4 Å². The third-order valence-corrected chi connectivity index (χ3v) is 17.2. The molecular weight excluding hydrogens is 971 g/mol. The predicted molar refractivity (Wildman–Crippen MR) is 331 cm³/mol. The van der Waals surface area contributed by atoms with Gasteiger partial charge in [-0.3, -0.25) is 0 Å². The molecule has 0 saturated carbocycles. The Bertz CT molecular complexity index is 4290. The first-order valence-electron chi connectivity index (χ1n) is 26.3. The van der Waals surface area contributed by atoms with Gasteiger partial charge in [0.25, 0.3) is 6.71 Å². The lowest BCUT2D eigenvalue weighted by Gasteiger charge is -2.45. The summed E-state index contributed by atoms with van der Waals surface area (Å²) in [6, 6.07) is 102. The number of benzene rings is 12. The first-order valence-corrected chi connectivity index (χ1v) is 27.5. The molecule has 2 nitrogen and oxygen atoms in total. The zero-order valence-electron chi connectivity index (χ0n) is 41.8. The number of rotatable bonds is 8. The molecule has 0 amide bonds. The van der Waals surface area contributed by atoms with Crippen LogP contribution in [0.25, 0.3) is 86.9 Å². The monoisotopic (exact) mass is 1020 g/mol. The highest BCUT2D eigenvalue weighted by Gasteiger charge is 2.45. The second-order valence-corrected chi connectivity index (χ2v) is 21.5. The summed E-state index contributed by atoms with van der Waals surface area (Å²) in [5.74, 6) is 0. The molecule has 2 aliphatic heterocycles. The fourth-order valence-electron chi connectivity index (χ4n) is 12.4. The first-order chi connectivity index (χ1) is 38.1. The van der Waals surface area contributed by atoms with Crippen LogP contribution in [0.3, 0.4) is 0 Å². The number of nitrogens with zero attached hydrogens (tertiary/aromatic N) is 2. The van der Waals surface area contributed by atoms with Crippen molar-refractivity contribution in [1.29, 1.82) is 0 Å². The number of anilines is 6. The molecule has 1 aromatic heterocycles. The smallest absolute Gasteiger partial charge is 0.252 e. The Hall–Kier alpha value is -9.19. The minimum Gasteiger partial charge on any atom is -0.310 e. The number of hydrogen-bond donors (Lipinski definition) is 0. The molecular formula is C72H46BClN2S. The van der Waals surface area contributed by atoms with Crippen LogP contribution in [0.2, 0.25) is 5.02 Å². The first kappa shape index (κ1) is 45.2. The molecule has 12 aromatic carbocycles. The number of para-hydroxylation sites is 2. The number of thiophene rings is 1. The van der Waals surface area contributed by atoms with E-state index in [2.05, 4.69) is 289 Å². The normalized spacial score (nSPS) is 12.4. The van der Waals surface area contributed by atoms with Crippen LogP contribution >= 0.6 is 22.9 Å². The summed E-state index contributed by atoms with van der Waals surface area (Å²) in [4.78, 5) is 5.11. The molecule has 0 unspecified atom stereocenters. The second-order valence-electron chi connectivity index (χ2n) is 20.0. The molecule has 0 fully saturated rings. The summed E-state index contributed by atoms with van der Waals surface area (Å²) < 4.78 is 2.64. The Morgan fingerprint density at radius 3 is 1.25 bits per heavy atom. The molecule has 0 atom stereocenters. The van der Waals surface area contributed by atoms with Crippen LogP contribution in [-0.4, -0.2) is 6.71 Å². The van der Waals surface area contributed by atoms with Crippen molar-refractivity contribution in [3.63, 3.8) is 0 Å². The SMILES string of the molecule is Clc1ccc2c(c1)N(c1c(-c3ccccc3)cccc1-c1ccccc1)c1cccc3c1B2c1ccc(-c2ccc(-c4cccc5c4sc4ccccc45)cc2)cc1N3c1c(-c2ccccc2)cccc1-c1ccccc1. The number of hydrogen-bond acceptors (Lipinski definition) is 3. The molecule has 15 rings (SSSR count). The Kier molecular flexibility index (Phi) is 10.9. The summed E-state index contributed by atoms with van der Waals surface area (Å²) in [7, 11) is 0. The van der Waals surface area contributed by atoms with Crippen molar-refractivity contribution in [3.05, 3.63) is 284 Å². The van der Waals surface area contributed by atoms with Gasteiger partial charge in [-0.05, 0) is 97.3 Å². The van der Waals surface area contributed by atoms with E-state index in [4.69, 9.17) is 11.6 Å². The Morgan fingerprint density at radius 1 is 0.299 bits per heavy atom. The zero-order chi connectivity index (χ0) is 51.0. The van der Waals surface area contributed by atoms with Gasteiger partial charge < -0.3 is 9.80 Å². The average Bonchev–Trinajstić information content (AvgIpc) is 3.93. The van der Waals surface area contributed by atoms with Crippen LogP contribution in [0.5, 0.6) is 0 Å². The molecule has 77 heavy (non-hydrogen) atoms. The van der Waals surface area contributed by atoms with Gasteiger partial charge in [-0.2, -0.15) is 0 Å². The van der Waals surface area contributed by atoms with E-state index >= 15 is 0 Å². The highest BCUT2D eigenvalue weighted by atomic mass is 35.5. The van der Waals surface area contributed by atoms with Crippen molar-refractivity contribution in [2.45, 2.75) is 0 Å². The Balaban J connectivity index is 0.992. The lowest BCUT2D eigenvalue weighted by Crippen LogP contribution is -2.61. The standard InChI is InChI=1S/C72H46BClN2S/c74-54-42-44-63-67(46-54)76(71-57(50-23-9-3-10-24-50)30-16-31-58(71)51-25-11-4-12-26-51)65-35-18-34-64-69(65)73(63)62-43-41-53(47-37-39-52(40-38-47)59-32-17-33-61-60-27-13-14-36-68(60)77-72(59)61)45-66(62)75(64)70-55(48-19-5-1-6-20-48)28-15-29-56(70)49-21-7-2-8-22-49/h1-46H. The van der Waals surface area contributed by atoms with Gasteiger partial charge in [-0.1, -0.05) is 254 Å². The molecule has 0 N–H and O–H groups in total. The van der Waals surface area contributed by atoms with Gasteiger partial charge in [0.2, 0.25) is 0 Å². The fourth-order valence-corrected chi connectivity index (χ4v) is 13.8.